The van der Waals surface area contributed by atoms with Gasteiger partial charge in [-0.3, -0.25) is 9.69 Å². The standard InChI is InChI=1S/C20H30N4O2/c1-15-3-5-17(6-4-15)18(23-10-7-16(2)8-11-23)13-22-20(26)24-12-9-21-19(25)14-24/h3-6,16,18H,7-14H2,1-2H3,(H,21,25)(H,22,26)/t18-/m1/s1. The van der Waals surface area contributed by atoms with Crippen LogP contribution in [0.25, 0.3) is 0 Å². The Morgan fingerprint density at radius 2 is 1.92 bits per heavy atom. The number of urea groups is 1. The highest BCUT2D eigenvalue weighted by Gasteiger charge is 2.27. The van der Waals surface area contributed by atoms with Crippen molar-refractivity contribution in [2.45, 2.75) is 32.7 Å². The van der Waals surface area contributed by atoms with Crippen LogP contribution in [0, 0.1) is 12.8 Å². The van der Waals surface area contributed by atoms with Crippen LogP contribution < -0.4 is 10.6 Å². The molecule has 26 heavy (non-hydrogen) atoms. The van der Waals surface area contributed by atoms with Crippen molar-refractivity contribution < 1.29 is 9.59 Å². The molecule has 2 aliphatic heterocycles. The van der Waals surface area contributed by atoms with E-state index in [0.717, 1.165) is 19.0 Å². The summed E-state index contributed by atoms with van der Waals surface area (Å²) in [6, 6.07) is 8.61. The minimum atomic E-state index is -0.151. The molecule has 0 aromatic heterocycles. The highest BCUT2D eigenvalue weighted by Crippen LogP contribution is 2.26. The number of aryl methyl sites for hydroxylation is 1. The van der Waals surface area contributed by atoms with E-state index >= 15 is 0 Å². The van der Waals surface area contributed by atoms with Crippen LogP contribution in [0.15, 0.2) is 24.3 Å². The van der Waals surface area contributed by atoms with Crippen LogP contribution in [0.1, 0.15) is 36.9 Å². The molecule has 0 bridgehead atoms. The van der Waals surface area contributed by atoms with Gasteiger partial charge in [0, 0.05) is 19.6 Å². The van der Waals surface area contributed by atoms with Gasteiger partial charge in [0.25, 0.3) is 0 Å². The monoisotopic (exact) mass is 358 g/mol. The first-order valence-electron chi connectivity index (χ1n) is 9.63. The number of nitrogens with zero attached hydrogens (tertiary/aromatic N) is 2. The van der Waals surface area contributed by atoms with Crippen molar-refractivity contribution in [3.8, 4) is 0 Å². The molecule has 2 N–H and O–H groups in total. The van der Waals surface area contributed by atoms with Gasteiger partial charge in [0.05, 0.1) is 6.04 Å². The summed E-state index contributed by atoms with van der Waals surface area (Å²) in [5.74, 6) is 0.679. The molecule has 3 rings (SSSR count). The van der Waals surface area contributed by atoms with Gasteiger partial charge in [0.2, 0.25) is 5.91 Å². The molecule has 0 unspecified atom stereocenters. The van der Waals surface area contributed by atoms with E-state index in [-0.39, 0.29) is 24.5 Å². The molecular formula is C20H30N4O2. The minimum absolute atomic E-state index is 0.0912. The van der Waals surface area contributed by atoms with Gasteiger partial charge in [-0.1, -0.05) is 36.8 Å². The number of piperidine rings is 1. The first kappa shape index (κ1) is 18.7. The lowest BCUT2D eigenvalue weighted by molar-refractivity contribution is -0.123. The maximum atomic E-state index is 12.5. The van der Waals surface area contributed by atoms with Gasteiger partial charge < -0.3 is 15.5 Å². The van der Waals surface area contributed by atoms with E-state index in [1.54, 1.807) is 4.90 Å². The first-order valence-corrected chi connectivity index (χ1v) is 9.63. The Bertz CT molecular complexity index is 623. The molecule has 2 heterocycles. The molecule has 2 fully saturated rings. The van der Waals surface area contributed by atoms with Crippen molar-refractivity contribution in [3.63, 3.8) is 0 Å². The van der Waals surface area contributed by atoms with E-state index in [4.69, 9.17) is 0 Å². The molecule has 0 radical (unpaired) electrons. The predicted molar refractivity (Wildman–Crippen MR) is 102 cm³/mol. The van der Waals surface area contributed by atoms with E-state index in [9.17, 15) is 9.59 Å². The minimum Gasteiger partial charge on any atom is -0.353 e. The Morgan fingerprint density at radius 1 is 1.23 bits per heavy atom. The fourth-order valence-corrected chi connectivity index (χ4v) is 3.69. The topological polar surface area (TPSA) is 64.7 Å². The van der Waals surface area contributed by atoms with Crippen molar-refractivity contribution in [1.29, 1.82) is 0 Å². The number of piperazine rings is 1. The largest absolute Gasteiger partial charge is 0.353 e. The van der Waals surface area contributed by atoms with Gasteiger partial charge in [-0.05, 0) is 44.3 Å². The van der Waals surface area contributed by atoms with Gasteiger partial charge in [0.1, 0.15) is 6.54 Å². The highest BCUT2D eigenvalue weighted by atomic mass is 16.2. The molecule has 1 atom stereocenters. The zero-order chi connectivity index (χ0) is 18.5. The molecule has 6 heteroatoms. The van der Waals surface area contributed by atoms with Crippen LogP contribution in [0.3, 0.4) is 0 Å². The van der Waals surface area contributed by atoms with Crippen molar-refractivity contribution in [2.75, 3.05) is 39.3 Å². The zero-order valence-corrected chi connectivity index (χ0v) is 15.8. The van der Waals surface area contributed by atoms with Crippen molar-refractivity contribution >= 4 is 11.9 Å². The molecule has 0 aliphatic carbocycles. The number of amides is 3. The predicted octanol–water partition coefficient (Wildman–Crippen LogP) is 1.91. The average molecular weight is 358 g/mol. The van der Waals surface area contributed by atoms with Gasteiger partial charge in [-0.2, -0.15) is 0 Å². The molecule has 6 nitrogen and oxygen atoms in total. The lowest BCUT2D eigenvalue weighted by atomic mass is 9.95. The SMILES string of the molecule is Cc1ccc([C@@H](CNC(=O)N2CCNC(=O)C2)N2CCC(C)CC2)cc1. The number of nitrogens with one attached hydrogen (secondary N) is 2. The number of hydrogen-bond acceptors (Lipinski definition) is 3. The summed E-state index contributed by atoms with van der Waals surface area (Å²) < 4.78 is 0. The molecule has 2 aliphatic rings. The lowest BCUT2D eigenvalue weighted by Crippen LogP contribution is -2.54. The second-order valence-electron chi connectivity index (χ2n) is 7.60. The summed E-state index contributed by atoms with van der Waals surface area (Å²) in [6.45, 7) is 8.30. The third-order valence-corrected chi connectivity index (χ3v) is 5.49. The number of rotatable bonds is 4. The number of likely N-dealkylation sites (tertiary alicyclic amines) is 1. The van der Waals surface area contributed by atoms with E-state index in [1.807, 2.05) is 0 Å². The van der Waals surface area contributed by atoms with Crippen LogP contribution in [-0.4, -0.2) is 61.0 Å². The molecule has 3 amide bonds. The zero-order valence-electron chi connectivity index (χ0n) is 15.8. The number of benzene rings is 1. The van der Waals surface area contributed by atoms with Gasteiger partial charge in [-0.15, -0.1) is 0 Å². The number of hydrogen-bond donors (Lipinski definition) is 2. The first-order chi connectivity index (χ1) is 12.5. The molecule has 1 aromatic rings. The van der Waals surface area contributed by atoms with Crippen LogP contribution in [-0.2, 0) is 4.79 Å². The Morgan fingerprint density at radius 3 is 2.58 bits per heavy atom. The summed E-state index contributed by atoms with van der Waals surface area (Å²) in [5.41, 5.74) is 2.48. The summed E-state index contributed by atoms with van der Waals surface area (Å²) >= 11 is 0. The number of carbonyl (C=O) groups excluding carboxylic acids is 2. The average Bonchev–Trinajstić information content (AvgIpc) is 2.64. The van der Waals surface area contributed by atoms with Crippen molar-refractivity contribution in [2.24, 2.45) is 5.92 Å². The third-order valence-electron chi connectivity index (χ3n) is 5.49. The number of carbonyl (C=O) groups is 2. The van der Waals surface area contributed by atoms with Crippen molar-refractivity contribution in [3.05, 3.63) is 35.4 Å². The van der Waals surface area contributed by atoms with Crippen LogP contribution >= 0.6 is 0 Å². The van der Waals surface area contributed by atoms with Gasteiger partial charge in [-0.25, -0.2) is 4.79 Å². The van der Waals surface area contributed by atoms with E-state index in [0.29, 0.717) is 19.6 Å². The van der Waals surface area contributed by atoms with Crippen LogP contribution in [0.5, 0.6) is 0 Å². The Hall–Kier alpha value is -2.08. The summed E-state index contributed by atoms with van der Waals surface area (Å²) in [6.07, 6.45) is 2.39. The summed E-state index contributed by atoms with van der Waals surface area (Å²) in [5, 5.41) is 5.81. The Kier molecular flexibility index (Phi) is 6.14. The molecule has 142 valence electrons. The maximum Gasteiger partial charge on any atom is 0.317 e. The Labute approximate surface area is 155 Å². The fraction of sp³-hybridized carbons (Fsp3) is 0.600. The second kappa shape index (κ2) is 8.54. The molecular weight excluding hydrogens is 328 g/mol. The fourth-order valence-electron chi connectivity index (χ4n) is 3.69. The molecule has 0 spiro atoms. The molecule has 0 saturated carbocycles. The van der Waals surface area contributed by atoms with Crippen LogP contribution in [0.2, 0.25) is 0 Å². The molecule has 1 aromatic carbocycles. The smallest absolute Gasteiger partial charge is 0.317 e. The van der Waals surface area contributed by atoms with Crippen LogP contribution in [0.4, 0.5) is 4.79 Å². The lowest BCUT2D eigenvalue weighted by Gasteiger charge is -2.37. The van der Waals surface area contributed by atoms with Gasteiger partial charge >= 0.3 is 6.03 Å². The highest BCUT2D eigenvalue weighted by molar-refractivity contribution is 5.85. The van der Waals surface area contributed by atoms with E-state index in [1.165, 1.54) is 24.0 Å². The second-order valence-corrected chi connectivity index (χ2v) is 7.60. The van der Waals surface area contributed by atoms with E-state index in [2.05, 4.69) is 53.6 Å². The summed E-state index contributed by atoms with van der Waals surface area (Å²) in [4.78, 5) is 28.1. The summed E-state index contributed by atoms with van der Waals surface area (Å²) in [7, 11) is 0. The quantitative estimate of drug-likeness (QED) is 0.864. The van der Waals surface area contributed by atoms with Crippen molar-refractivity contribution in [1.82, 2.24) is 20.4 Å². The van der Waals surface area contributed by atoms with Gasteiger partial charge in [0.15, 0.2) is 0 Å². The Balaban J connectivity index is 1.66. The third kappa shape index (κ3) is 4.75. The normalized spacial score (nSPS) is 20.5. The maximum absolute atomic E-state index is 12.5. The molecule has 2 saturated heterocycles. The van der Waals surface area contributed by atoms with E-state index < -0.39 is 0 Å².